The Bertz CT molecular complexity index is 527. The molecule has 2 nitrogen and oxygen atoms in total. The minimum atomic E-state index is 0.834. The van der Waals surface area contributed by atoms with Crippen molar-refractivity contribution in [3.63, 3.8) is 0 Å². The summed E-state index contributed by atoms with van der Waals surface area (Å²) < 4.78 is 10.4. The van der Waals surface area contributed by atoms with Crippen molar-refractivity contribution < 1.29 is 9.47 Å². The van der Waals surface area contributed by atoms with E-state index in [-0.39, 0.29) is 0 Å². The van der Waals surface area contributed by atoms with Gasteiger partial charge in [-0.05, 0) is 61.1 Å². The summed E-state index contributed by atoms with van der Waals surface area (Å²) >= 11 is 0. The van der Waals surface area contributed by atoms with Crippen LogP contribution in [0.3, 0.4) is 0 Å². The van der Waals surface area contributed by atoms with Crippen molar-refractivity contribution >= 4 is 0 Å². The molecular formula is C20H22O2. The van der Waals surface area contributed by atoms with Crippen molar-refractivity contribution in [1.29, 1.82) is 0 Å². The van der Waals surface area contributed by atoms with Crippen LogP contribution in [0, 0.1) is 0 Å². The van der Waals surface area contributed by atoms with E-state index in [2.05, 4.69) is 37.4 Å². The third-order valence-corrected chi connectivity index (χ3v) is 3.47. The van der Waals surface area contributed by atoms with Crippen LogP contribution in [0.15, 0.2) is 74.2 Å². The molecule has 0 fully saturated rings. The number of aryl methyl sites for hydroxylation is 2. The van der Waals surface area contributed by atoms with E-state index in [1.807, 2.05) is 24.3 Å². The zero-order valence-electron chi connectivity index (χ0n) is 12.8. The van der Waals surface area contributed by atoms with E-state index < -0.39 is 0 Å². The average molecular weight is 294 g/mol. The lowest BCUT2D eigenvalue weighted by Gasteiger charge is -2.05. The number of benzene rings is 2. The standard InChI is InChI=1S/C20H22O2/c1-3-21-19-13-9-17(10-14-19)7-5-6-8-18-11-15-20(16-12-18)22-4-2/h3-4,9-16H,1-2,5-8H2. The first-order valence-electron chi connectivity index (χ1n) is 7.55. The second-order valence-corrected chi connectivity index (χ2v) is 5.06. The molecule has 22 heavy (non-hydrogen) atoms. The monoisotopic (exact) mass is 294 g/mol. The molecule has 2 aromatic carbocycles. The molecule has 0 saturated heterocycles. The van der Waals surface area contributed by atoms with Crippen LogP contribution in [-0.4, -0.2) is 0 Å². The molecule has 0 atom stereocenters. The van der Waals surface area contributed by atoms with Gasteiger partial charge in [0, 0.05) is 0 Å². The SMILES string of the molecule is C=COc1ccc(CCCCc2ccc(OC=C)cc2)cc1. The maximum Gasteiger partial charge on any atom is 0.126 e. The van der Waals surface area contributed by atoms with Gasteiger partial charge in [0.15, 0.2) is 0 Å². The van der Waals surface area contributed by atoms with Gasteiger partial charge in [0.2, 0.25) is 0 Å². The lowest BCUT2D eigenvalue weighted by atomic mass is 10.0. The van der Waals surface area contributed by atoms with Crippen molar-refractivity contribution in [2.75, 3.05) is 0 Å². The predicted octanol–water partition coefficient (Wildman–Crippen LogP) is 5.30. The molecule has 0 N–H and O–H groups in total. The molecular weight excluding hydrogens is 272 g/mol. The molecule has 0 unspecified atom stereocenters. The van der Waals surface area contributed by atoms with Crippen LogP contribution in [0.4, 0.5) is 0 Å². The van der Waals surface area contributed by atoms with E-state index in [9.17, 15) is 0 Å². The molecule has 114 valence electrons. The number of hydrogen-bond acceptors (Lipinski definition) is 2. The second kappa shape index (κ2) is 8.73. The van der Waals surface area contributed by atoms with Crippen LogP contribution >= 0.6 is 0 Å². The van der Waals surface area contributed by atoms with Gasteiger partial charge >= 0.3 is 0 Å². The fourth-order valence-corrected chi connectivity index (χ4v) is 2.32. The molecule has 0 aliphatic carbocycles. The molecule has 0 radical (unpaired) electrons. The second-order valence-electron chi connectivity index (χ2n) is 5.06. The lowest BCUT2D eigenvalue weighted by Crippen LogP contribution is -1.90. The Labute approximate surface area is 132 Å². The Hall–Kier alpha value is -2.48. The maximum atomic E-state index is 5.22. The number of hydrogen-bond donors (Lipinski definition) is 0. The molecule has 2 rings (SSSR count). The highest BCUT2D eigenvalue weighted by Gasteiger charge is 1.98. The van der Waals surface area contributed by atoms with Gasteiger partial charge < -0.3 is 9.47 Å². The van der Waals surface area contributed by atoms with Crippen LogP contribution in [0.25, 0.3) is 0 Å². The highest BCUT2D eigenvalue weighted by molar-refractivity contribution is 5.29. The normalized spacial score (nSPS) is 10.0. The van der Waals surface area contributed by atoms with Gasteiger partial charge in [0.25, 0.3) is 0 Å². The molecule has 0 heterocycles. The molecule has 0 aliphatic heterocycles. The molecule has 0 aromatic heterocycles. The van der Waals surface area contributed by atoms with E-state index in [1.165, 1.54) is 36.5 Å². The summed E-state index contributed by atoms with van der Waals surface area (Å²) in [6.45, 7) is 7.10. The zero-order chi connectivity index (χ0) is 15.6. The molecule has 0 aliphatic rings. The lowest BCUT2D eigenvalue weighted by molar-refractivity contribution is 0.483. The smallest absolute Gasteiger partial charge is 0.126 e. The quantitative estimate of drug-likeness (QED) is 0.462. The van der Waals surface area contributed by atoms with Crippen LogP contribution in [-0.2, 0) is 12.8 Å². The van der Waals surface area contributed by atoms with Gasteiger partial charge in [-0.25, -0.2) is 0 Å². The zero-order valence-corrected chi connectivity index (χ0v) is 12.8. The topological polar surface area (TPSA) is 18.5 Å². The third-order valence-electron chi connectivity index (χ3n) is 3.47. The first-order chi connectivity index (χ1) is 10.8. The molecule has 2 heteroatoms. The van der Waals surface area contributed by atoms with E-state index in [0.29, 0.717) is 0 Å². The van der Waals surface area contributed by atoms with Gasteiger partial charge in [0.1, 0.15) is 11.5 Å². The van der Waals surface area contributed by atoms with E-state index in [1.54, 1.807) is 0 Å². The molecule has 0 spiro atoms. The summed E-state index contributed by atoms with van der Waals surface area (Å²) in [6.07, 6.45) is 7.41. The van der Waals surface area contributed by atoms with E-state index >= 15 is 0 Å². The number of unbranched alkanes of at least 4 members (excludes halogenated alkanes) is 1. The van der Waals surface area contributed by atoms with E-state index in [4.69, 9.17) is 9.47 Å². The van der Waals surface area contributed by atoms with Crippen LogP contribution in [0.1, 0.15) is 24.0 Å². The van der Waals surface area contributed by atoms with E-state index in [0.717, 1.165) is 24.3 Å². The van der Waals surface area contributed by atoms with Gasteiger partial charge in [-0.2, -0.15) is 0 Å². The van der Waals surface area contributed by atoms with Crippen molar-refractivity contribution in [2.24, 2.45) is 0 Å². The fourth-order valence-electron chi connectivity index (χ4n) is 2.32. The molecule has 0 amide bonds. The van der Waals surface area contributed by atoms with Gasteiger partial charge in [-0.3, -0.25) is 0 Å². The molecule has 0 bridgehead atoms. The van der Waals surface area contributed by atoms with Crippen molar-refractivity contribution in [1.82, 2.24) is 0 Å². The van der Waals surface area contributed by atoms with Crippen molar-refractivity contribution in [2.45, 2.75) is 25.7 Å². The summed E-state index contributed by atoms with van der Waals surface area (Å²) in [6, 6.07) is 16.4. The highest BCUT2D eigenvalue weighted by atomic mass is 16.5. The summed E-state index contributed by atoms with van der Waals surface area (Å²) in [5.74, 6) is 1.67. The first kappa shape index (κ1) is 15.9. The first-order valence-corrected chi connectivity index (χ1v) is 7.55. The Morgan fingerprint density at radius 3 is 1.32 bits per heavy atom. The predicted molar refractivity (Wildman–Crippen MR) is 91.2 cm³/mol. The summed E-state index contributed by atoms with van der Waals surface area (Å²) in [5, 5.41) is 0. The minimum Gasteiger partial charge on any atom is -0.466 e. The summed E-state index contributed by atoms with van der Waals surface area (Å²) in [7, 11) is 0. The molecule has 0 saturated carbocycles. The molecule has 2 aromatic rings. The van der Waals surface area contributed by atoms with Crippen LogP contribution < -0.4 is 9.47 Å². The van der Waals surface area contributed by atoms with Crippen molar-refractivity contribution in [3.05, 3.63) is 85.3 Å². The Morgan fingerprint density at radius 1 is 0.636 bits per heavy atom. The number of ether oxygens (including phenoxy) is 2. The highest BCUT2D eigenvalue weighted by Crippen LogP contribution is 2.16. The third kappa shape index (κ3) is 5.13. The largest absolute Gasteiger partial charge is 0.466 e. The Balaban J connectivity index is 1.72. The Morgan fingerprint density at radius 2 is 1.00 bits per heavy atom. The van der Waals surface area contributed by atoms with Crippen LogP contribution in [0.2, 0.25) is 0 Å². The van der Waals surface area contributed by atoms with Gasteiger partial charge in [0.05, 0.1) is 12.5 Å². The average Bonchev–Trinajstić information content (AvgIpc) is 2.55. The van der Waals surface area contributed by atoms with Gasteiger partial charge in [-0.1, -0.05) is 37.4 Å². The fraction of sp³-hybridized carbons (Fsp3) is 0.200. The van der Waals surface area contributed by atoms with Crippen LogP contribution in [0.5, 0.6) is 11.5 Å². The summed E-state index contributed by atoms with van der Waals surface area (Å²) in [4.78, 5) is 0. The van der Waals surface area contributed by atoms with Gasteiger partial charge in [-0.15, -0.1) is 0 Å². The summed E-state index contributed by atoms with van der Waals surface area (Å²) in [5.41, 5.74) is 2.68. The minimum absolute atomic E-state index is 0.834. The Kier molecular flexibility index (Phi) is 6.31. The number of rotatable bonds is 9. The van der Waals surface area contributed by atoms with Crippen molar-refractivity contribution in [3.8, 4) is 11.5 Å². The maximum absolute atomic E-state index is 5.22.